The van der Waals surface area contributed by atoms with E-state index >= 15 is 0 Å². The normalized spacial score (nSPS) is 16.4. The Labute approximate surface area is 140 Å². The molecule has 122 valence electrons. The quantitative estimate of drug-likeness (QED) is 0.689. The Balaban J connectivity index is 1.79. The fraction of sp³-hybridized carbons (Fsp3) is 0.250. The third-order valence-corrected chi connectivity index (χ3v) is 4.73. The van der Waals surface area contributed by atoms with Crippen LogP contribution in [0, 0.1) is 0 Å². The summed E-state index contributed by atoms with van der Waals surface area (Å²) in [6.45, 7) is 2.91. The lowest BCUT2D eigenvalue weighted by molar-refractivity contribution is 0.414. The van der Waals surface area contributed by atoms with Gasteiger partial charge in [-0.3, -0.25) is 0 Å². The van der Waals surface area contributed by atoms with Crippen LogP contribution in [0.4, 0.5) is 5.69 Å². The summed E-state index contributed by atoms with van der Waals surface area (Å²) in [6, 6.07) is 16.1. The van der Waals surface area contributed by atoms with E-state index in [1.54, 1.807) is 19.2 Å². The number of nitrogens with zero attached hydrogens (tertiary/aromatic N) is 1. The number of benzene rings is 2. The number of hydrogen-bond acceptors (Lipinski definition) is 4. The summed E-state index contributed by atoms with van der Waals surface area (Å²) in [4.78, 5) is 14.3. The molecule has 4 rings (SSSR count). The number of anilines is 1. The zero-order chi connectivity index (χ0) is 16.7. The molecule has 4 heteroatoms. The molecule has 0 spiro atoms. The van der Waals surface area contributed by atoms with Crippen LogP contribution in [-0.2, 0) is 13.0 Å². The van der Waals surface area contributed by atoms with Crippen LogP contribution in [0.1, 0.15) is 18.1 Å². The maximum Gasteiger partial charge on any atom is 0.336 e. The van der Waals surface area contributed by atoms with Crippen molar-refractivity contribution < 1.29 is 9.15 Å². The minimum absolute atomic E-state index is 0.328. The minimum atomic E-state index is -0.328. The fourth-order valence-electron chi connectivity index (χ4n) is 3.52. The lowest BCUT2D eigenvalue weighted by atomic mass is 10.1. The highest BCUT2D eigenvalue weighted by molar-refractivity contribution is 5.82. The SMILES string of the molecule is COc1ccc2c(CN3c4ccccc4C[C@H]3C)cc(=O)oc2c1. The van der Waals surface area contributed by atoms with Gasteiger partial charge < -0.3 is 14.1 Å². The largest absolute Gasteiger partial charge is 0.497 e. The van der Waals surface area contributed by atoms with Crippen molar-refractivity contribution in [2.75, 3.05) is 12.0 Å². The van der Waals surface area contributed by atoms with Crippen molar-refractivity contribution in [1.82, 2.24) is 0 Å². The van der Waals surface area contributed by atoms with E-state index in [0.717, 1.165) is 17.4 Å². The maximum absolute atomic E-state index is 12.0. The Bertz CT molecular complexity index is 961. The van der Waals surface area contributed by atoms with Crippen LogP contribution < -0.4 is 15.3 Å². The summed E-state index contributed by atoms with van der Waals surface area (Å²) in [5.74, 6) is 0.683. The van der Waals surface area contributed by atoms with Crippen LogP contribution in [0.5, 0.6) is 5.75 Å². The molecule has 1 aliphatic heterocycles. The van der Waals surface area contributed by atoms with E-state index in [9.17, 15) is 4.79 Å². The summed E-state index contributed by atoms with van der Waals surface area (Å²) < 4.78 is 10.6. The van der Waals surface area contributed by atoms with E-state index in [0.29, 0.717) is 23.9 Å². The monoisotopic (exact) mass is 321 g/mol. The number of ether oxygens (including phenoxy) is 1. The number of fused-ring (bicyclic) bond motifs is 2. The summed E-state index contributed by atoms with van der Waals surface area (Å²) in [5, 5.41) is 0.951. The van der Waals surface area contributed by atoms with Crippen LogP contribution in [-0.4, -0.2) is 13.2 Å². The zero-order valence-corrected chi connectivity index (χ0v) is 13.8. The molecule has 1 atom stereocenters. The molecule has 0 saturated carbocycles. The fourth-order valence-corrected chi connectivity index (χ4v) is 3.52. The Morgan fingerprint density at radius 1 is 1.21 bits per heavy atom. The van der Waals surface area contributed by atoms with E-state index in [4.69, 9.17) is 9.15 Å². The summed E-state index contributed by atoms with van der Waals surface area (Å²) in [5.41, 5.74) is 3.83. The molecular formula is C20H19NO3. The Hall–Kier alpha value is -2.75. The van der Waals surface area contributed by atoms with Gasteiger partial charge in [-0.2, -0.15) is 0 Å². The maximum atomic E-state index is 12.0. The van der Waals surface area contributed by atoms with Crippen molar-refractivity contribution in [2.45, 2.75) is 25.9 Å². The van der Waals surface area contributed by atoms with Crippen molar-refractivity contribution in [2.24, 2.45) is 0 Å². The van der Waals surface area contributed by atoms with Crippen LogP contribution in [0.3, 0.4) is 0 Å². The van der Waals surface area contributed by atoms with Crippen molar-refractivity contribution in [1.29, 1.82) is 0 Å². The highest BCUT2D eigenvalue weighted by Crippen LogP contribution is 2.34. The van der Waals surface area contributed by atoms with E-state index in [-0.39, 0.29) is 5.63 Å². The molecular weight excluding hydrogens is 302 g/mol. The van der Waals surface area contributed by atoms with Crippen LogP contribution in [0.2, 0.25) is 0 Å². The highest BCUT2D eigenvalue weighted by Gasteiger charge is 2.26. The molecule has 2 heterocycles. The molecule has 24 heavy (non-hydrogen) atoms. The Kier molecular flexibility index (Phi) is 3.53. The third kappa shape index (κ3) is 2.44. The van der Waals surface area contributed by atoms with E-state index in [1.807, 2.05) is 12.1 Å². The zero-order valence-electron chi connectivity index (χ0n) is 13.8. The first kappa shape index (κ1) is 14.8. The molecule has 0 amide bonds. The van der Waals surface area contributed by atoms with Crippen LogP contribution >= 0.6 is 0 Å². The van der Waals surface area contributed by atoms with Gasteiger partial charge >= 0.3 is 5.63 Å². The molecule has 0 unspecified atom stereocenters. The van der Waals surface area contributed by atoms with Gasteiger partial charge in [0.1, 0.15) is 11.3 Å². The van der Waals surface area contributed by atoms with Gasteiger partial charge in [0.05, 0.1) is 7.11 Å². The highest BCUT2D eigenvalue weighted by atomic mass is 16.5. The molecule has 2 aromatic carbocycles. The van der Waals surface area contributed by atoms with Gasteiger partial charge in [-0.25, -0.2) is 4.79 Å². The van der Waals surface area contributed by atoms with Crippen molar-refractivity contribution in [3.63, 3.8) is 0 Å². The number of methoxy groups -OCH3 is 1. The second-order valence-corrected chi connectivity index (χ2v) is 6.26. The predicted molar refractivity (Wildman–Crippen MR) is 94.8 cm³/mol. The average Bonchev–Trinajstić information content (AvgIpc) is 2.90. The second kappa shape index (κ2) is 5.71. The van der Waals surface area contributed by atoms with Crippen molar-refractivity contribution in [3.05, 3.63) is 70.1 Å². The smallest absolute Gasteiger partial charge is 0.336 e. The minimum Gasteiger partial charge on any atom is -0.497 e. The van der Waals surface area contributed by atoms with E-state index in [1.165, 1.54) is 11.3 Å². The summed E-state index contributed by atoms with van der Waals surface area (Å²) >= 11 is 0. The van der Waals surface area contributed by atoms with Gasteiger partial charge in [-0.15, -0.1) is 0 Å². The molecule has 1 aliphatic rings. The van der Waals surface area contributed by atoms with Gasteiger partial charge in [-0.1, -0.05) is 18.2 Å². The topological polar surface area (TPSA) is 42.7 Å². The van der Waals surface area contributed by atoms with Gasteiger partial charge in [-0.05, 0) is 42.7 Å². The molecule has 1 aromatic heterocycles. The Morgan fingerprint density at radius 3 is 2.88 bits per heavy atom. The molecule has 0 radical (unpaired) electrons. The number of rotatable bonds is 3. The number of para-hydroxylation sites is 1. The lowest BCUT2D eigenvalue weighted by Crippen LogP contribution is -2.29. The molecule has 0 saturated heterocycles. The van der Waals surface area contributed by atoms with Gasteiger partial charge in [0.25, 0.3) is 0 Å². The van der Waals surface area contributed by atoms with Gasteiger partial charge in [0.15, 0.2) is 0 Å². The van der Waals surface area contributed by atoms with Crippen LogP contribution in [0.25, 0.3) is 11.0 Å². The molecule has 3 aromatic rings. The summed E-state index contributed by atoms with van der Waals surface area (Å²) in [6.07, 6.45) is 1.03. The first-order valence-electron chi connectivity index (χ1n) is 8.11. The van der Waals surface area contributed by atoms with Crippen LogP contribution in [0.15, 0.2) is 57.7 Å². The van der Waals surface area contributed by atoms with Gasteiger partial charge in [0, 0.05) is 35.8 Å². The van der Waals surface area contributed by atoms with Crippen molar-refractivity contribution in [3.8, 4) is 5.75 Å². The molecule has 0 aliphatic carbocycles. The Morgan fingerprint density at radius 2 is 2.04 bits per heavy atom. The van der Waals surface area contributed by atoms with Gasteiger partial charge in [0.2, 0.25) is 0 Å². The molecule has 0 bridgehead atoms. The number of hydrogen-bond donors (Lipinski definition) is 0. The standard InChI is InChI=1S/C20H19NO3/c1-13-9-14-5-3-4-6-18(14)21(13)12-15-10-20(22)24-19-11-16(23-2)7-8-17(15)19/h3-8,10-11,13H,9,12H2,1-2H3/t13-/m1/s1. The predicted octanol–water partition coefficient (Wildman–Crippen LogP) is 3.75. The van der Waals surface area contributed by atoms with E-state index < -0.39 is 0 Å². The third-order valence-electron chi connectivity index (χ3n) is 4.73. The molecule has 0 N–H and O–H groups in total. The second-order valence-electron chi connectivity index (χ2n) is 6.26. The molecule has 0 fully saturated rings. The average molecular weight is 321 g/mol. The first-order chi connectivity index (χ1) is 11.7. The van der Waals surface area contributed by atoms with E-state index in [2.05, 4.69) is 36.1 Å². The van der Waals surface area contributed by atoms with Crippen molar-refractivity contribution >= 4 is 16.7 Å². The molecule has 4 nitrogen and oxygen atoms in total. The summed E-state index contributed by atoms with van der Waals surface area (Å²) in [7, 11) is 1.60. The first-order valence-corrected chi connectivity index (χ1v) is 8.11. The lowest BCUT2D eigenvalue weighted by Gasteiger charge is -2.25.